The van der Waals surface area contributed by atoms with Crippen molar-refractivity contribution >= 4 is 5.97 Å². The van der Waals surface area contributed by atoms with E-state index in [4.69, 9.17) is 14.6 Å². The second-order valence-electron chi connectivity index (χ2n) is 3.57. The van der Waals surface area contributed by atoms with Gasteiger partial charge in [0.1, 0.15) is 24.3 Å². The van der Waals surface area contributed by atoms with Gasteiger partial charge >= 0.3 is 5.97 Å². The zero-order valence-corrected chi connectivity index (χ0v) is 9.93. The maximum atomic E-state index is 13.3. The Morgan fingerprint density at radius 2 is 2.17 bits per heavy atom. The smallest absolute Gasteiger partial charge is 0.338 e. The fourth-order valence-corrected chi connectivity index (χ4v) is 1.25. The zero-order chi connectivity index (χ0) is 13.5. The third-order valence-corrected chi connectivity index (χ3v) is 2.13. The van der Waals surface area contributed by atoms with Gasteiger partial charge in [0.25, 0.3) is 0 Å². The van der Waals surface area contributed by atoms with Gasteiger partial charge in [0.2, 0.25) is 0 Å². The molecular weight excluding hydrogens is 243 g/mol. The van der Waals surface area contributed by atoms with Crippen LogP contribution in [0.15, 0.2) is 18.2 Å². The Labute approximate surface area is 104 Å². The summed E-state index contributed by atoms with van der Waals surface area (Å²) in [5.74, 6) is -2.05. The molecular formula is C12H15FO5. The molecule has 18 heavy (non-hydrogen) atoms. The molecule has 0 amide bonds. The van der Waals surface area contributed by atoms with Crippen LogP contribution in [-0.4, -0.2) is 42.1 Å². The van der Waals surface area contributed by atoms with Crippen LogP contribution >= 0.6 is 0 Å². The van der Waals surface area contributed by atoms with Crippen LogP contribution in [0.25, 0.3) is 0 Å². The molecule has 1 aromatic rings. The van der Waals surface area contributed by atoms with Gasteiger partial charge < -0.3 is 19.7 Å². The maximum Gasteiger partial charge on any atom is 0.338 e. The molecule has 1 rings (SSSR count). The van der Waals surface area contributed by atoms with Crippen molar-refractivity contribution in [2.75, 3.05) is 19.8 Å². The van der Waals surface area contributed by atoms with Gasteiger partial charge in [-0.3, -0.25) is 0 Å². The first kappa shape index (κ1) is 14.4. The highest BCUT2D eigenvalue weighted by Gasteiger charge is 2.11. The minimum Gasteiger partial charge on any atom is -0.491 e. The minimum atomic E-state index is -1.34. The van der Waals surface area contributed by atoms with Crippen LogP contribution in [0.3, 0.4) is 0 Å². The Morgan fingerprint density at radius 3 is 2.72 bits per heavy atom. The first-order valence-corrected chi connectivity index (χ1v) is 5.46. The van der Waals surface area contributed by atoms with Crippen LogP contribution < -0.4 is 4.74 Å². The number of carboxylic acids is 1. The molecule has 0 aliphatic heterocycles. The Balaban J connectivity index is 2.53. The van der Waals surface area contributed by atoms with Crippen LogP contribution in [-0.2, 0) is 4.74 Å². The summed E-state index contributed by atoms with van der Waals surface area (Å²) >= 11 is 0. The van der Waals surface area contributed by atoms with E-state index in [9.17, 15) is 14.3 Å². The number of hydrogen-bond donors (Lipinski definition) is 2. The maximum absolute atomic E-state index is 13.3. The molecule has 1 atom stereocenters. The summed E-state index contributed by atoms with van der Waals surface area (Å²) in [6.45, 7) is 2.37. The lowest BCUT2D eigenvalue weighted by Gasteiger charge is -2.12. The lowest BCUT2D eigenvalue weighted by Crippen LogP contribution is -2.23. The van der Waals surface area contributed by atoms with Crippen molar-refractivity contribution < 1.29 is 28.9 Å². The molecule has 2 N–H and O–H groups in total. The van der Waals surface area contributed by atoms with Crippen molar-refractivity contribution in [2.45, 2.75) is 13.0 Å². The molecule has 0 aromatic heterocycles. The molecule has 0 fully saturated rings. The van der Waals surface area contributed by atoms with Gasteiger partial charge in [0.05, 0.1) is 12.2 Å². The van der Waals surface area contributed by atoms with Gasteiger partial charge in [-0.2, -0.15) is 0 Å². The van der Waals surface area contributed by atoms with E-state index in [2.05, 4.69) is 0 Å². The van der Waals surface area contributed by atoms with E-state index in [1.165, 1.54) is 6.07 Å². The predicted octanol–water partition coefficient (Wildman–Crippen LogP) is 1.30. The Bertz CT molecular complexity index is 407. The van der Waals surface area contributed by atoms with E-state index in [-0.39, 0.29) is 19.0 Å². The first-order valence-electron chi connectivity index (χ1n) is 5.46. The van der Waals surface area contributed by atoms with Crippen LogP contribution in [0.2, 0.25) is 0 Å². The van der Waals surface area contributed by atoms with Crippen molar-refractivity contribution in [3.63, 3.8) is 0 Å². The van der Waals surface area contributed by atoms with E-state index in [0.717, 1.165) is 12.1 Å². The van der Waals surface area contributed by atoms with Crippen molar-refractivity contribution in [3.8, 4) is 5.75 Å². The predicted molar refractivity (Wildman–Crippen MR) is 61.4 cm³/mol. The molecule has 0 spiro atoms. The third kappa shape index (κ3) is 4.31. The largest absolute Gasteiger partial charge is 0.491 e. The normalized spacial score (nSPS) is 12.2. The number of halogens is 1. The van der Waals surface area contributed by atoms with E-state index in [1.54, 1.807) is 6.92 Å². The number of carboxylic acid groups (broad SMARTS) is 1. The zero-order valence-electron chi connectivity index (χ0n) is 9.93. The average Bonchev–Trinajstić information content (AvgIpc) is 2.33. The third-order valence-electron chi connectivity index (χ3n) is 2.13. The van der Waals surface area contributed by atoms with Crippen LogP contribution in [0, 0.1) is 5.82 Å². The van der Waals surface area contributed by atoms with Crippen LogP contribution in [0.5, 0.6) is 5.75 Å². The highest BCUT2D eigenvalue weighted by molar-refractivity contribution is 5.88. The summed E-state index contributed by atoms with van der Waals surface area (Å²) in [7, 11) is 0. The van der Waals surface area contributed by atoms with Gasteiger partial charge in [-0.15, -0.1) is 0 Å². The number of hydrogen-bond acceptors (Lipinski definition) is 4. The van der Waals surface area contributed by atoms with Gasteiger partial charge in [0.15, 0.2) is 0 Å². The van der Waals surface area contributed by atoms with Gasteiger partial charge in [-0.25, -0.2) is 9.18 Å². The molecule has 0 radical (unpaired) electrons. The number of benzene rings is 1. The van der Waals surface area contributed by atoms with E-state index in [1.807, 2.05) is 0 Å². The lowest BCUT2D eigenvalue weighted by molar-refractivity contribution is 0.0164. The SMILES string of the molecule is CCOCC(O)COc1ccc(C(=O)O)c(F)c1. The number of ether oxygens (including phenoxy) is 2. The summed E-state index contributed by atoms with van der Waals surface area (Å²) in [6.07, 6.45) is -0.813. The average molecular weight is 258 g/mol. The molecule has 0 aliphatic rings. The summed E-state index contributed by atoms with van der Waals surface area (Å²) in [5.41, 5.74) is -0.419. The van der Waals surface area contributed by atoms with Crippen LogP contribution in [0.4, 0.5) is 4.39 Å². The van der Waals surface area contributed by atoms with Gasteiger partial charge in [0, 0.05) is 12.7 Å². The number of carbonyl (C=O) groups is 1. The van der Waals surface area contributed by atoms with Crippen LogP contribution in [0.1, 0.15) is 17.3 Å². The molecule has 0 aliphatic carbocycles. The first-order chi connectivity index (χ1) is 8.54. The Morgan fingerprint density at radius 1 is 1.44 bits per heavy atom. The van der Waals surface area contributed by atoms with Crippen molar-refractivity contribution in [1.29, 1.82) is 0 Å². The monoisotopic (exact) mass is 258 g/mol. The fourth-order valence-electron chi connectivity index (χ4n) is 1.25. The summed E-state index contributed by atoms with van der Waals surface area (Å²) < 4.78 is 23.4. The molecule has 0 saturated heterocycles. The molecule has 0 bridgehead atoms. The summed E-state index contributed by atoms with van der Waals surface area (Å²) in [4.78, 5) is 10.6. The Kier molecular flexibility index (Phi) is 5.54. The molecule has 1 unspecified atom stereocenters. The quantitative estimate of drug-likeness (QED) is 0.771. The molecule has 1 aromatic carbocycles. The van der Waals surface area contributed by atoms with E-state index >= 15 is 0 Å². The van der Waals surface area contributed by atoms with Crippen molar-refractivity contribution in [2.24, 2.45) is 0 Å². The highest BCUT2D eigenvalue weighted by atomic mass is 19.1. The molecule has 0 saturated carbocycles. The van der Waals surface area contributed by atoms with Gasteiger partial charge in [-0.05, 0) is 19.1 Å². The lowest BCUT2D eigenvalue weighted by atomic mass is 10.2. The van der Waals surface area contributed by atoms with Crippen molar-refractivity contribution in [1.82, 2.24) is 0 Å². The minimum absolute atomic E-state index is 0.0497. The molecule has 100 valence electrons. The number of aromatic carboxylic acids is 1. The molecule has 5 nitrogen and oxygen atoms in total. The van der Waals surface area contributed by atoms with E-state index in [0.29, 0.717) is 6.61 Å². The fraction of sp³-hybridized carbons (Fsp3) is 0.417. The standard InChI is InChI=1S/C12H15FO5/c1-2-17-6-8(14)7-18-9-3-4-10(12(15)16)11(13)5-9/h3-5,8,14H,2,6-7H2,1H3,(H,15,16). The number of aliphatic hydroxyl groups is 1. The summed E-state index contributed by atoms with van der Waals surface area (Å²) in [5, 5.41) is 18.1. The second kappa shape index (κ2) is 6.93. The molecule has 6 heteroatoms. The highest BCUT2D eigenvalue weighted by Crippen LogP contribution is 2.16. The molecule has 0 heterocycles. The van der Waals surface area contributed by atoms with Gasteiger partial charge in [-0.1, -0.05) is 0 Å². The number of rotatable bonds is 7. The number of aliphatic hydroxyl groups excluding tert-OH is 1. The summed E-state index contributed by atoms with van der Waals surface area (Å²) in [6, 6.07) is 3.42. The second-order valence-corrected chi connectivity index (χ2v) is 3.57. The van der Waals surface area contributed by atoms with E-state index < -0.39 is 23.5 Å². The van der Waals surface area contributed by atoms with Crippen molar-refractivity contribution in [3.05, 3.63) is 29.6 Å². The topological polar surface area (TPSA) is 76.0 Å². The Hall–Kier alpha value is -1.66.